The van der Waals surface area contributed by atoms with Gasteiger partial charge in [0.15, 0.2) is 5.11 Å². The van der Waals surface area contributed by atoms with Crippen molar-refractivity contribution in [3.63, 3.8) is 0 Å². The van der Waals surface area contributed by atoms with Crippen molar-refractivity contribution in [2.75, 3.05) is 18.4 Å². The molecule has 0 aliphatic carbocycles. The third kappa shape index (κ3) is 4.45. The van der Waals surface area contributed by atoms with Crippen molar-refractivity contribution in [1.29, 1.82) is 0 Å². The molecule has 4 rings (SSSR count). The van der Waals surface area contributed by atoms with Gasteiger partial charge in [-0.15, -0.1) is 0 Å². The second-order valence-corrected chi connectivity index (χ2v) is 8.20. The highest BCUT2D eigenvalue weighted by atomic mass is 32.1. The first kappa shape index (κ1) is 21.4. The van der Waals surface area contributed by atoms with E-state index in [4.69, 9.17) is 12.2 Å². The van der Waals surface area contributed by atoms with E-state index in [-0.39, 0.29) is 11.6 Å². The van der Waals surface area contributed by atoms with E-state index in [2.05, 4.69) is 5.32 Å². The average molecular weight is 439 g/mol. The number of nitrogens with zero attached hydrogens (tertiary/aromatic N) is 1. The molecule has 1 heterocycles. The van der Waals surface area contributed by atoms with E-state index < -0.39 is 17.2 Å². The fraction of sp³-hybridized carbons (Fsp3) is 0.240. The summed E-state index contributed by atoms with van der Waals surface area (Å²) >= 11 is 5.46. The van der Waals surface area contributed by atoms with Crippen molar-refractivity contribution >= 4 is 23.0 Å². The Morgan fingerprint density at radius 1 is 0.903 bits per heavy atom. The molecule has 3 aromatic carbocycles. The van der Waals surface area contributed by atoms with Gasteiger partial charge in [-0.05, 0) is 54.2 Å². The highest BCUT2D eigenvalue weighted by Gasteiger charge is 2.41. The van der Waals surface area contributed by atoms with Crippen LogP contribution in [0, 0.1) is 17.6 Å². The van der Waals surface area contributed by atoms with Crippen LogP contribution in [-0.4, -0.2) is 28.2 Å². The van der Waals surface area contributed by atoms with Crippen LogP contribution < -0.4 is 5.32 Å². The minimum Gasteiger partial charge on any atom is -0.380 e. The maximum atomic E-state index is 14.0. The average Bonchev–Trinajstić information content (AvgIpc) is 2.81. The molecule has 3 nitrogen and oxygen atoms in total. The number of nitrogens with one attached hydrogen (secondary N) is 1. The quantitative estimate of drug-likeness (QED) is 0.541. The lowest BCUT2D eigenvalue weighted by atomic mass is 9.72. The van der Waals surface area contributed by atoms with E-state index in [1.54, 1.807) is 0 Å². The summed E-state index contributed by atoms with van der Waals surface area (Å²) in [5.74, 6) is -1.31. The standard InChI is InChI=1S/C25H24F2N2OS/c26-21-11-12-23(22(27)17-21)28-24(31)29-15-13-20(14-16-29)25(30,18-7-3-1-4-8-18)19-9-5-2-6-10-19/h1-12,17,20,30H,13-16H2,(H,28,31). The first-order valence-corrected chi connectivity index (χ1v) is 10.7. The van der Waals surface area contributed by atoms with Gasteiger partial charge in [-0.25, -0.2) is 8.78 Å². The summed E-state index contributed by atoms with van der Waals surface area (Å²) in [5, 5.41) is 15.2. The van der Waals surface area contributed by atoms with Gasteiger partial charge in [-0.3, -0.25) is 0 Å². The Morgan fingerprint density at radius 3 is 1.97 bits per heavy atom. The molecule has 0 bridgehead atoms. The Morgan fingerprint density at radius 2 is 1.45 bits per heavy atom. The lowest BCUT2D eigenvalue weighted by molar-refractivity contribution is -0.00631. The second kappa shape index (κ2) is 9.12. The summed E-state index contributed by atoms with van der Waals surface area (Å²) in [7, 11) is 0. The SMILES string of the molecule is OC(c1ccccc1)(c1ccccc1)C1CCN(C(=S)Nc2ccc(F)cc2F)CC1. The van der Waals surface area contributed by atoms with Gasteiger partial charge >= 0.3 is 0 Å². The number of benzene rings is 3. The molecule has 1 fully saturated rings. The predicted octanol–water partition coefficient (Wildman–Crippen LogP) is 5.31. The van der Waals surface area contributed by atoms with Crippen LogP contribution in [0.4, 0.5) is 14.5 Å². The van der Waals surface area contributed by atoms with Crippen molar-refractivity contribution in [1.82, 2.24) is 4.90 Å². The zero-order valence-corrected chi connectivity index (χ0v) is 17.8. The molecular weight excluding hydrogens is 414 g/mol. The fourth-order valence-electron chi connectivity index (χ4n) is 4.31. The van der Waals surface area contributed by atoms with Crippen LogP contribution in [0.5, 0.6) is 0 Å². The van der Waals surface area contributed by atoms with Crippen molar-refractivity contribution < 1.29 is 13.9 Å². The lowest BCUT2D eigenvalue weighted by Crippen LogP contribution is -2.47. The van der Waals surface area contributed by atoms with Crippen LogP contribution >= 0.6 is 12.2 Å². The third-order valence-electron chi connectivity index (χ3n) is 5.97. The number of thiocarbonyl (C=S) groups is 1. The summed E-state index contributed by atoms with van der Waals surface area (Å²) in [4.78, 5) is 1.96. The van der Waals surface area contributed by atoms with Gasteiger partial charge in [-0.2, -0.15) is 0 Å². The first-order chi connectivity index (χ1) is 15.0. The van der Waals surface area contributed by atoms with Crippen molar-refractivity contribution in [3.05, 3.63) is 102 Å². The minimum atomic E-state index is -1.10. The van der Waals surface area contributed by atoms with Crippen LogP contribution in [0.25, 0.3) is 0 Å². The Hall–Kier alpha value is -2.83. The number of likely N-dealkylation sites (tertiary alicyclic amines) is 1. The molecule has 1 aliphatic rings. The summed E-state index contributed by atoms with van der Waals surface area (Å²) < 4.78 is 27.1. The molecule has 0 amide bonds. The Kier molecular flexibility index (Phi) is 6.30. The molecule has 31 heavy (non-hydrogen) atoms. The van der Waals surface area contributed by atoms with Crippen LogP contribution in [-0.2, 0) is 5.60 Å². The molecule has 2 N–H and O–H groups in total. The van der Waals surface area contributed by atoms with Gasteiger partial charge < -0.3 is 15.3 Å². The van der Waals surface area contributed by atoms with E-state index in [9.17, 15) is 13.9 Å². The maximum absolute atomic E-state index is 14.0. The summed E-state index contributed by atoms with van der Waals surface area (Å²) in [6.07, 6.45) is 1.43. The van der Waals surface area contributed by atoms with Crippen LogP contribution in [0.2, 0.25) is 0 Å². The number of aliphatic hydroxyl groups is 1. The zero-order valence-electron chi connectivity index (χ0n) is 17.0. The summed E-state index contributed by atoms with van der Waals surface area (Å²) in [6.45, 7) is 1.25. The van der Waals surface area contributed by atoms with Gasteiger partial charge in [-0.1, -0.05) is 60.7 Å². The van der Waals surface area contributed by atoms with Crippen molar-refractivity contribution in [3.8, 4) is 0 Å². The highest BCUT2D eigenvalue weighted by molar-refractivity contribution is 7.80. The number of rotatable bonds is 4. The second-order valence-electron chi connectivity index (χ2n) is 7.81. The lowest BCUT2D eigenvalue weighted by Gasteiger charge is -2.43. The molecule has 1 aliphatic heterocycles. The van der Waals surface area contributed by atoms with E-state index in [0.717, 1.165) is 17.2 Å². The molecule has 0 aromatic heterocycles. The Balaban J connectivity index is 1.50. The Bertz CT molecular complexity index is 998. The molecule has 6 heteroatoms. The first-order valence-electron chi connectivity index (χ1n) is 10.3. The molecule has 0 atom stereocenters. The Labute approximate surface area is 186 Å². The number of piperidine rings is 1. The maximum Gasteiger partial charge on any atom is 0.173 e. The van der Waals surface area contributed by atoms with Gasteiger partial charge in [0.25, 0.3) is 0 Å². The van der Waals surface area contributed by atoms with E-state index in [1.165, 1.54) is 12.1 Å². The zero-order chi connectivity index (χ0) is 21.8. The van der Waals surface area contributed by atoms with Crippen molar-refractivity contribution in [2.24, 2.45) is 5.92 Å². The van der Waals surface area contributed by atoms with E-state index in [1.807, 2.05) is 65.6 Å². The smallest absolute Gasteiger partial charge is 0.173 e. The molecule has 1 saturated heterocycles. The van der Waals surface area contributed by atoms with Crippen LogP contribution in [0.3, 0.4) is 0 Å². The molecule has 0 radical (unpaired) electrons. The summed E-state index contributed by atoms with van der Waals surface area (Å²) in [6, 6.07) is 22.8. The molecule has 160 valence electrons. The van der Waals surface area contributed by atoms with Gasteiger partial charge in [0.05, 0.1) is 5.69 Å². The molecule has 0 spiro atoms. The van der Waals surface area contributed by atoms with Gasteiger partial charge in [0.1, 0.15) is 17.2 Å². The van der Waals surface area contributed by atoms with Gasteiger partial charge in [0, 0.05) is 19.2 Å². The normalized spacial score (nSPS) is 15.0. The molecule has 0 unspecified atom stereocenters. The summed E-state index contributed by atoms with van der Waals surface area (Å²) in [5.41, 5.74) is 0.785. The largest absolute Gasteiger partial charge is 0.380 e. The minimum absolute atomic E-state index is 0.00101. The van der Waals surface area contributed by atoms with Gasteiger partial charge in [0.2, 0.25) is 0 Å². The van der Waals surface area contributed by atoms with Crippen LogP contribution in [0.15, 0.2) is 78.9 Å². The predicted molar refractivity (Wildman–Crippen MR) is 123 cm³/mol. The number of hydrogen-bond acceptors (Lipinski definition) is 2. The molecule has 3 aromatic rings. The monoisotopic (exact) mass is 438 g/mol. The van der Waals surface area contributed by atoms with E-state index in [0.29, 0.717) is 31.0 Å². The molecule has 0 saturated carbocycles. The molecular formula is C25H24F2N2OS. The third-order valence-corrected chi connectivity index (χ3v) is 6.33. The highest BCUT2D eigenvalue weighted by Crippen LogP contribution is 2.42. The van der Waals surface area contributed by atoms with Crippen LogP contribution in [0.1, 0.15) is 24.0 Å². The van der Waals surface area contributed by atoms with E-state index >= 15 is 0 Å². The fourth-order valence-corrected chi connectivity index (χ4v) is 4.60. The topological polar surface area (TPSA) is 35.5 Å². The number of anilines is 1. The van der Waals surface area contributed by atoms with Crippen molar-refractivity contribution in [2.45, 2.75) is 18.4 Å². The number of halogens is 2. The number of hydrogen-bond donors (Lipinski definition) is 2.